The minimum absolute atomic E-state index is 0.179. The Kier molecular flexibility index (Phi) is 4.90. The summed E-state index contributed by atoms with van der Waals surface area (Å²) in [6.07, 6.45) is 0.581. The van der Waals surface area contributed by atoms with Crippen LogP contribution in [0.1, 0.15) is 24.5 Å². The largest absolute Gasteiger partial charge is 0.451 e. The van der Waals surface area contributed by atoms with Gasteiger partial charge in [0.05, 0.1) is 17.2 Å². The second kappa shape index (κ2) is 7.67. The molecule has 2 aromatic heterocycles. The highest BCUT2D eigenvalue weighted by molar-refractivity contribution is 5.77. The fourth-order valence-corrected chi connectivity index (χ4v) is 2.85. The van der Waals surface area contributed by atoms with Crippen LogP contribution in [0.3, 0.4) is 0 Å². The van der Waals surface area contributed by atoms with E-state index in [1.165, 1.54) is 10.9 Å². The third-order valence-corrected chi connectivity index (χ3v) is 4.43. The van der Waals surface area contributed by atoms with E-state index in [-0.39, 0.29) is 18.0 Å². The SMILES string of the molecule is Cc1ccc(-c2nnc(C(C)OC(=O)Cn3cnc4ccccc4c3=O)o2)cc1. The Hall–Kier alpha value is -3.81. The average molecular weight is 390 g/mol. The van der Waals surface area contributed by atoms with Gasteiger partial charge in [0.25, 0.3) is 11.4 Å². The Morgan fingerprint density at radius 3 is 2.69 bits per heavy atom. The number of ether oxygens (including phenoxy) is 1. The van der Waals surface area contributed by atoms with Crippen LogP contribution in [0.4, 0.5) is 0 Å². The van der Waals surface area contributed by atoms with Crippen molar-refractivity contribution in [3.8, 4) is 11.5 Å². The Labute approximate surface area is 165 Å². The zero-order chi connectivity index (χ0) is 20.4. The van der Waals surface area contributed by atoms with Crippen LogP contribution < -0.4 is 5.56 Å². The van der Waals surface area contributed by atoms with Gasteiger partial charge in [0.1, 0.15) is 6.54 Å². The Balaban J connectivity index is 1.46. The van der Waals surface area contributed by atoms with Gasteiger partial charge in [0.15, 0.2) is 6.10 Å². The van der Waals surface area contributed by atoms with E-state index in [0.717, 1.165) is 11.1 Å². The monoisotopic (exact) mass is 390 g/mol. The molecule has 0 fully saturated rings. The Bertz CT molecular complexity index is 1230. The molecule has 0 bridgehead atoms. The maximum Gasteiger partial charge on any atom is 0.326 e. The standard InChI is InChI=1S/C21H18N4O4/c1-13-7-9-15(10-8-13)20-24-23-19(29-20)14(2)28-18(26)11-25-12-22-17-6-4-3-5-16(17)21(25)27/h3-10,12,14H,11H2,1-2H3. The van der Waals surface area contributed by atoms with Crippen molar-refractivity contribution in [2.45, 2.75) is 26.5 Å². The van der Waals surface area contributed by atoms with Gasteiger partial charge in [0, 0.05) is 5.56 Å². The number of benzene rings is 2. The van der Waals surface area contributed by atoms with Crippen molar-refractivity contribution in [3.63, 3.8) is 0 Å². The quantitative estimate of drug-likeness (QED) is 0.483. The smallest absolute Gasteiger partial charge is 0.326 e. The fourth-order valence-electron chi connectivity index (χ4n) is 2.85. The minimum atomic E-state index is -0.752. The van der Waals surface area contributed by atoms with Gasteiger partial charge in [-0.2, -0.15) is 0 Å². The topological polar surface area (TPSA) is 100 Å². The summed E-state index contributed by atoms with van der Waals surface area (Å²) in [5, 5.41) is 8.40. The van der Waals surface area contributed by atoms with Crippen LogP contribution in [0.2, 0.25) is 0 Å². The summed E-state index contributed by atoms with van der Waals surface area (Å²) in [5.41, 5.74) is 2.17. The van der Waals surface area contributed by atoms with E-state index < -0.39 is 12.1 Å². The van der Waals surface area contributed by atoms with Gasteiger partial charge < -0.3 is 9.15 Å². The number of rotatable bonds is 5. The molecule has 0 saturated heterocycles. The minimum Gasteiger partial charge on any atom is -0.451 e. The van der Waals surface area contributed by atoms with Gasteiger partial charge in [0.2, 0.25) is 5.89 Å². The van der Waals surface area contributed by atoms with Crippen molar-refractivity contribution in [1.82, 2.24) is 19.7 Å². The zero-order valence-electron chi connectivity index (χ0n) is 15.9. The molecule has 2 heterocycles. The summed E-state index contributed by atoms with van der Waals surface area (Å²) < 4.78 is 12.2. The molecule has 1 unspecified atom stereocenters. The lowest BCUT2D eigenvalue weighted by Gasteiger charge is -2.10. The molecule has 8 heteroatoms. The first-order valence-electron chi connectivity index (χ1n) is 9.05. The second-order valence-corrected chi connectivity index (χ2v) is 6.64. The molecular weight excluding hydrogens is 372 g/mol. The molecule has 0 spiro atoms. The third-order valence-electron chi connectivity index (χ3n) is 4.43. The highest BCUT2D eigenvalue weighted by Crippen LogP contribution is 2.22. The Morgan fingerprint density at radius 2 is 1.90 bits per heavy atom. The number of para-hydroxylation sites is 1. The van der Waals surface area contributed by atoms with Gasteiger partial charge >= 0.3 is 5.97 Å². The van der Waals surface area contributed by atoms with Crippen molar-refractivity contribution in [3.05, 3.63) is 76.7 Å². The summed E-state index contributed by atoms with van der Waals surface area (Å²) in [6.45, 7) is 3.35. The van der Waals surface area contributed by atoms with Gasteiger partial charge in [-0.1, -0.05) is 29.8 Å². The lowest BCUT2D eigenvalue weighted by molar-refractivity contribution is -0.150. The molecule has 0 radical (unpaired) electrons. The average Bonchev–Trinajstić information content (AvgIpc) is 3.21. The summed E-state index contributed by atoms with van der Waals surface area (Å²) >= 11 is 0. The Morgan fingerprint density at radius 1 is 1.14 bits per heavy atom. The predicted molar refractivity (Wildman–Crippen MR) is 105 cm³/mol. The van der Waals surface area contributed by atoms with Gasteiger partial charge in [-0.15, -0.1) is 10.2 Å². The van der Waals surface area contributed by atoms with Crippen molar-refractivity contribution < 1.29 is 13.9 Å². The van der Waals surface area contributed by atoms with Crippen molar-refractivity contribution in [2.24, 2.45) is 0 Å². The molecule has 0 amide bonds. The van der Waals surface area contributed by atoms with E-state index in [2.05, 4.69) is 15.2 Å². The van der Waals surface area contributed by atoms with Crippen LogP contribution in [0.5, 0.6) is 0 Å². The van der Waals surface area contributed by atoms with E-state index in [4.69, 9.17) is 9.15 Å². The fraction of sp³-hybridized carbons (Fsp3) is 0.190. The number of nitrogens with zero attached hydrogens (tertiary/aromatic N) is 4. The predicted octanol–water partition coefficient (Wildman–Crippen LogP) is 3.06. The van der Waals surface area contributed by atoms with Gasteiger partial charge in [-0.3, -0.25) is 14.2 Å². The molecule has 0 aliphatic rings. The van der Waals surface area contributed by atoms with Crippen LogP contribution >= 0.6 is 0 Å². The molecule has 0 saturated carbocycles. The lowest BCUT2D eigenvalue weighted by atomic mass is 10.1. The maximum atomic E-state index is 12.5. The maximum absolute atomic E-state index is 12.5. The number of aryl methyl sites for hydroxylation is 1. The van der Waals surface area contributed by atoms with E-state index in [0.29, 0.717) is 16.8 Å². The number of esters is 1. The van der Waals surface area contributed by atoms with Crippen LogP contribution in [-0.4, -0.2) is 25.7 Å². The molecule has 4 rings (SSSR count). The van der Waals surface area contributed by atoms with Gasteiger partial charge in [-0.25, -0.2) is 4.98 Å². The molecule has 0 N–H and O–H groups in total. The highest BCUT2D eigenvalue weighted by atomic mass is 16.6. The molecule has 0 aliphatic heterocycles. The van der Waals surface area contributed by atoms with Crippen LogP contribution in [0.15, 0.2) is 64.1 Å². The molecular formula is C21H18N4O4. The number of hydrogen-bond donors (Lipinski definition) is 0. The highest BCUT2D eigenvalue weighted by Gasteiger charge is 2.20. The number of aromatic nitrogens is 4. The third kappa shape index (κ3) is 3.91. The molecule has 0 aliphatic carbocycles. The number of carbonyl (C=O) groups is 1. The molecule has 4 aromatic rings. The van der Waals surface area contributed by atoms with Crippen LogP contribution in [0.25, 0.3) is 22.4 Å². The van der Waals surface area contributed by atoms with Gasteiger partial charge in [-0.05, 0) is 38.1 Å². The van der Waals surface area contributed by atoms with Crippen LogP contribution in [-0.2, 0) is 16.1 Å². The molecule has 1 atom stereocenters. The van der Waals surface area contributed by atoms with Crippen molar-refractivity contribution in [1.29, 1.82) is 0 Å². The lowest BCUT2D eigenvalue weighted by Crippen LogP contribution is -2.26. The molecule has 2 aromatic carbocycles. The molecule has 29 heavy (non-hydrogen) atoms. The number of hydrogen-bond acceptors (Lipinski definition) is 7. The summed E-state index contributed by atoms with van der Waals surface area (Å²) in [6, 6.07) is 14.6. The van der Waals surface area contributed by atoms with E-state index >= 15 is 0 Å². The summed E-state index contributed by atoms with van der Waals surface area (Å²) in [7, 11) is 0. The number of fused-ring (bicyclic) bond motifs is 1. The zero-order valence-corrected chi connectivity index (χ0v) is 15.9. The van der Waals surface area contributed by atoms with Crippen LogP contribution in [0, 0.1) is 6.92 Å². The first kappa shape index (κ1) is 18.5. The number of carbonyl (C=O) groups excluding carboxylic acids is 1. The molecule has 8 nitrogen and oxygen atoms in total. The van der Waals surface area contributed by atoms with E-state index in [1.54, 1.807) is 31.2 Å². The summed E-state index contributed by atoms with van der Waals surface area (Å²) in [5.74, 6) is -0.0810. The van der Waals surface area contributed by atoms with E-state index in [1.807, 2.05) is 31.2 Å². The van der Waals surface area contributed by atoms with E-state index in [9.17, 15) is 9.59 Å². The molecule has 146 valence electrons. The normalized spacial score (nSPS) is 12.1. The summed E-state index contributed by atoms with van der Waals surface area (Å²) in [4.78, 5) is 29.0. The van der Waals surface area contributed by atoms with Crippen molar-refractivity contribution in [2.75, 3.05) is 0 Å². The van der Waals surface area contributed by atoms with Crippen molar-refractivity contribution >= 4 is 16.9 Å². The second-order valence-electron chi connectivity index (χ2n) is 6.64. The first-order valence-corrected chi connectivity index (χ1v) is 9.05. The first-order chi connectivity index (χ1) is 14.0.